The minimum absolute atomic E-state index is 1.42. The van der Waals surface area contributed by atoms with Crippen LogP contribution in [0.2, 0.25) is 0 Å². The molecule has 0 amide bonds. The number of rotatable bonds is 2. The average Bonchev–Trinajstić information content (AvgIpc) is 2.26. The maximum atomic E-state index is 12.2. The molecule has 0 fully saturated rings. The van der Waals surface area contributed by atoms with Crippen molar-refractivity contribution in [3.05, 3.63) is 11.5 Å². The summed E-state index contributed by atoms with van der Waals surface area (Å²) in [7, 11) is 0. The number of carboxylic acid groups (broad SMARTS) is 2. The monoisotopic (exact) mass is 196 g/mol. The summed E-state index contributed by atoms with van der Waals surface area (Å²) < 4.78 is 31.2. The third-order valence-electron chi connectivity index (χ3n) is 1.04. The van der Waals surface area contributed by atoms with Crippen molar-refractivity contribution in [3.63, 3.8) is 0 Å². The number of carboxylic acids is 2. The van der Waals surface area contributed by atoms with Gasteiger partial charge in [-0.15, -0.1) is 8.78 Å². The zero-order valence-electron chi connectivity index (χ0n) is 5.78. The van der Waals surface area contributed by atoms with E-state index in [4.69, 9.17) is 10.2 Å². The Morgan fingerprint density at radius 1 is 1.08 bits per heavy atom. The SMILES string of the molecule is O=C(O)C1=C(C(=O)O)OC(F)(F)O1. The summed E-state index contributed by atoms with van der Waals surface area (Å²) >= 11 is 0. The summed E-state index contributed by atoms with van der Waals surface area (Å²) in [5.74, 6) is -6.71. The van der Waals surface area contributed by atoms with Crippen molar-refractivity contribution in [2.75, 3.05) is 0 Å². The van der Waals surface area contributed by atoms with E-state index in [1.54, 1.807) is 0 Å². The number of hydrogen-bond donors (Lipinski definition) is 2. The van der Waals surface area contributed by atoms with Crippen LogP contribution in [0.3, 0.4) is 0 Å². The first kappa shape index (κ1) is 9.23. The highest BCUT2D eigenvalue weighted by molar-refractivity contribution is 5.96. The van der Waals surface area contributed by atoms with Gasteiger partial charge >= 0.3 is 18.2 Å². The van der Waals surface area contributed by atoms with Crippen molar-refractivity contribution < 1.29 is 38.1 Å². The third kappa shape index (κ3) is 1.66. The Balaban J connectivity index is 3.04. The summed E-state index contributed by atoms with van der Waals surface area (Å²) in [5, 5.41) is 16.4. The predicted molar refractivity (Wildman–Crippen MR) is 29.4 cm³/mol. The lowest BCUT2D eigenvalue weighted by atomic mass is 10.4. The first-order chi connectivity index (χ1) is 5.83. The molecule has 0 aromatic heterocycles. The number of ether oxygens (including phenoxy) is 2. The Morgan fingerprint density at radius 2 is 1.38 bits per heavy atom. The second-order valence-electron chi connectivity index (χ2n) is 1.94. The van der Waals surface area contributed by atoms with E-state index in [1.807, 2.05) is 0 Å². The van der Waals surface area contributed by atoms with Gasteiger partial charge in [-0.3, -0.25) is 0 Å². The summed E-state index contributed by atoms with van der Waals surface area (Å²) in [6.07, 6.45) is -4.23. The van der Waals surface area contributed by atoms with Gasteiger partial charge in [0.25, 0.3) is 11.5 Å². The van der Waals surface area contributed by atoms with E-state index in [-0.39, 0.29) is 0 Å². The Morgan fingerprint density at radius 3 is 1.62 bits per heavy atom. The molecular weight excluding hydrogens is 194 g/mol. The number of aliphatic carboxylic acids is 2. The number of hydrogen-bond acceptors (Lipinski definition) is 4. The standard InChI is InChI=1S/C5H2F2O6/c6-5(7)12-1(3(8)9)2(13-5)4(10)11/h(H,8,9)(H,10,11). The van der Waals surface area contributed by atoms with Crippen molar-refractivity contribution >= 4 is 11.9 Å². The van der Waals surface area contributed by atoms with E-state index in [0.717, 1.165) is 0 Å². The van der Waals surface area contributed by atoms with Gasteiger partial charge in [0.15, 0.2) is 0 Å². The molecule has 0 aromatic rings. The molecule has 0 unspecified atom stereocenters. The molecule has 0 aliphatic carbocycles. The topological polar surface area (TPSA) is 93.1 Å². The first-order valence-electron chi connectivity index (χ1n) is 2.80. The van der Waals surface area contributed by atoms with Crippen molar-refractivity contribution in [2.45, 2.75) is 6.29 Å². The van der Waals surface area contributed by atoms with Crippen molar-refractivity contribution in [2.24, 2.45) is 0 Å². The van der Waals surface area contributed by atoms with Crippen molar-refractivity contribution in [1.82, 2.24) is 0 Å². The van der Waals surface area contributed by atoms with E-state index >= 15 is 0 Å². The quantitative estimate of drug-likeness (QED) is 0.643. The summed E-state index contributed by atoms with van der Waals surface area (Å²) in [6, 6.07) is 0. The fourth-order valence-electron chi connectivity index (χ4n) is 0.633. The predicted octanol–water partition coefficient (Wildman–Crippen LogP) is -0.0357. The molecule has 8 heteroatoms. The second-order valence-corrected chi connectivity index (χ2v) is 1.94. The third-order valence-corrected chi connectivity index (χ3v) is 1.04. The van der Waals surface area contributed by atoms with Crippen LogP contribution in [0.1, 0.15) is 0 Å². The van der Waals surface area contributed by atoms with E-state index in [0.29, 0.717) is 0 Å². The minimum atomic E-state index is -4.23. The molecule has 6 nitrogen and oxygen atoms in total. The molecule has 0 spiro atoms. The van der Waals surface area contributed by atoms with Crippen LogP contribution in [0.25, 0.3) is 0 Å². The highest BCUT2D eigenvalue weighted by Gasteiger charge is 2.50. The normalized spacial score (nSPS) is 19.2. The lowest BCUT2D eigenvalue weighted by Crippen LogP contribution is -2.18. The molecule has 2 N–H and O–H groups in total. The molecule has 0 radical (unpaired) electrons. The van der Waals surface area contributed by atoms with Crippen LogP contribution in [0.5, 0.6) is 0 Å². The van der Waals surface area contributed by atoms with E-state index in [2.05, 4.69) is 9.47 Å². The Labute approximate surface area is 69.0 Å². The maximum Gasteiger partial charge on any atom is 0.586 e. The highest BCUT2D eigenvalue weighted by atomic mass is 19.3. The van der Waals surface area contributed by atoms with Crippen LogP contribution < -0.4 is 0 Å². The fourth-order valence-corrected chi connectivity index (χ4v) is 0.633. The Bertz CT molecular complexity index is 278. The van der Waals surface area contributed by atoms with E-state index < -0.39 is 29.8 Å². The van der Waals surface area contributed by atoms with Crippen LogP contribution >= 0.6 is 0 Å². The van der Waals surface area contributed by atoms with Gasteiger partial charge in [-0.05, 0) is 0 Å². The molecule has 1 rings (SSSR count). The molecule has 13 heavy (non-hydrogen) atoms. The molecule has 0 saturated carbocycles. The van der Waals surface area contributed by atoms with Gasteiger partial charge in [0, 0.05) is 0 Å². The molecule has 0 atom stereocenters. The fraction of sp³-hybridized carbons (Fsp3) is 0.200. The molecule has 1 aliphatic rings. The largest absolute Gasteiger partial charge is 0.586 e. The van der Waals surface area contributed by atoms with Gasteiger partial charge in [0.05, 0.1) is 0 Å². The molecule has 0 bridgehead atoms. The van der Waals surface area contributed by atoms with Gasteiger partial charge in [-0.25, -0.2) is 9.59 Å². The van der Waals surface area contributed by atoms with Crippen LogP contribution in [0, 0.1) is 0 Å². The first-order valence-corrected chi connectivity index (χ1v) is 2.80. The maximum absolute atomic E-state index is 12.2. The molecule has 0 aromatic carbocycles. The van der Waals surface area contributed by atoms with Crippen molar-refractivity contribution in [1.29, 1.82) is 0 Å². The second kappa shape index (κ2) is 2.57. The molecule has 1 aliphatic heterocycles. The van der Waals surface area contributed by atoms with Gasteiger partial charge in [-0.2, -0.15) is 0 Å². The van der Waals surface area contributed by atoms with Crippen LogP contribution in [-0.2, 0) is 19.1 Å². The number of alkyl halides is 2. The van der Waals surface area contributed by atoms with Crippen LogP contribution in [-0.4, -0.2) is 28.4 Å². The lowest BCUT2D eigenvalue weighted by Gasteiger charge is -2.05. The lowest BCUT2D eigenvalue weighted by molar-refractivity contribution is -0.336. The summed E-state index contributed by atoms with van der Waals surface area (Å²) in [5.41, 5.74) is 0. The summed E-state index contributed by atoms with van der Waals surface area (Å²) in [4.78, 5) is 20.3. The molecular formula is C5H2F2O6. The zero-order chi connectivity index (χ0) is 10.2. The summed E-state index contributed by atoms with van der Waals surface area (Å²) in [6.45, 7) is 0. The van der Waals surface area contributed by atoms with Gasteiger partial charge in [0.1, 0.15) is 0 Å². The van der Waals surface area contributed by atoms with Crippen LogP contribution in [0.4, 0.5) is 8.78 Å². The Kier molecular flexibility index (Phi) is 1.83. The van der Waals surface area contributed by atoms with Gasteiger partial charge < -0.3 is 19.7 Å². The smallest absolute Gasteiger partial charge is 0.475 e. The molecule has 0 saturated heterocycles. The molecule has 1 heterocycles. The van der Waals surface area contributed by atoms with Crippen molar-refractivity contribution in [3.8, 4) is 0 Å². The zero-order valence-corrected chi connectivity index (χ0v) is 5.78. The van der Waals surface area contributed by atoms with E-state index in [9.17, 15) is 18.4 Å². The van der Waals surface area contributed by atoms with Gasteiger partial charge in [0.2, 0.25) is 0 Å². The van der Waals surface area contributed by atoms with E-state index in [1.165, 1.54) is 0 Å². The highest BCUT2D eigenvalue weighted by Crippen LogP contribution is 2.33. The number of carbonyl (C=O) groups is 2. The molecule has 72 valence electrons. The van der Waals surface area contributed by atoms with Crippen LogP contribution in [0.15, 0.2) is 11.5 Å². The minimum Gasteiger partial charge on any atom is -0.475 e. The Hall–Kier alpha value is -1.86. The average molecular weight is 196 g/mol. The van der Waals surface area contributed by atoms with Gasteiger partial charge in [-0.1, -0.05) is 0 Å². The number of halogens is 2.